The molecule has 7 heteroatoms. The van der Waals surface area contributed by atoms with Gasteiger partial charge in [0.05, 0.1) is 12.6 Å². The first-order valence-corrected chi connectivity index (χ1v) is 5.00. The predicted octanol–water partition coefficient (Wildman–Crippen LogP) is 0.543. The molecule has 1 fully saturated rings. The summed E-state index contributed by atoms with van der Waals surface area (Å²) in [6.45, 7) is 0.538. The van der Waals surface area contributed by atoms with Crippen LogP contribution in [0.15, 0.2) is 0 Å². The molecule has 3 N–H and O–H groups in total. The van der Waals surface area contributed by atoms with Crippen molar-refractivity contribution in [2.75, 3.05) is 19.8 Å². The van der Waals surface area contributed by atoms with E-state index in [0.29, 0.717) is 26.1 Å². The number of carbonyl (C=O) groups is 1. The summed E-state index contributed by atoms with van der Waals surface area (Å²) in [5.41, 5.74) is 5.67. The summed E-state index contributed by atoms with van der Waals surface area (Å²) in [4.78, 5) is 11.3. The minimum Gasteiger partial charge on any atom is -0.381 e. The van der Waals surface area contributed by atoms with Gasteiger partial charge < -0.3 is 15.8 Å². The SMILES string of the molecule is Cl.NC(C(=O)NCC(F)F)C1CCOCC1. The summed E-state index contributed by atoms with van der Waals surface area (Å²) in [5.74, 6) is -0.460. The van der Waals surface area contributed by atoms with Crippen molar-refractivity contribution in [3.8, 4) is 0 Å². The van der Waals surface area contributed by atoms with Gasteiger partial charge in [-0.05, 0) is 18.8 Å². The lowest BCUT2D eigenvalue weighted by atomic mass is 9.92. The van der Waals surface area contributed by atoms with Crippen LogP contribution in [-0.4, -0.2) is 38.1 Å². The second kappa shape index (κ2) is 7.76. The maximum absolute atomic E-state index is 11.8. The van der Waals surface area contributed by atoms with Crippen molar-refractivity contribution >= 4 is 18.3 Å². The van der Waals surface area contributed by atoms with Crippen LogP contribution in [0.2, 0.25) is 0 Å². The largest absolute Gasteiger partial charge is 0.381 e. The van der Waals surface area contributed by atoms with Crippen LogP contribution in [0.25, 0.3) is 0 Å². The first kappa shape index (κ1) is 15.5. The zero-order valence-electron chi connectivity index (χ0n) is 8.83. The predicted molar refractivity (Wildman–Crippen MR) is 57.8 cm³/mol. The molecule has 1 aliphatic heterocycles. The molecule has 0 radical (unpaired) electrons. The average molecular weight is 259 g/mol. The molecular formula is C9H17ClF2N2O2. The van der Waals surface area contributed by atoms with Gasteiger partial charge in [-0.25, -0.2) is 8.78 Å². The van der Waals surface area contributed by atoms with Crippen molar-refractivity contribution in [3.05, 3.63) is 0 Å². The highest BCUT2D eigenvalue weighted by molar-refractivity contribution is 5.85. The van der Waals surface area contributed by atoms with E-state index >= 15 is 0 Å². The van der Waals surface area contributed by atoms with Gasteiger partial charge in [0.1, 0.15) is 0 Å². The van der Waals surface area contributed by atoms with Crippen LogP contribution in [0.4, 0.5) is 8.78 Å². The Balaban J connectivity index is 0.00000225. The van der Waals surface area contributed by atoms with Crippen LogP contribution in [-0.2, 0) is 9.53 Å². The Morgan fingerprint density at radius 1 is 1.44 bits per heavy atom. The van der Waals surface area contributed by atoms with Crippen molar-refractivity contribution < 1.29 is 18.3 Å². The third kappa shape index (κ3) is 5.05. The van der Waals surface area contributed by atoms with E-state index in [4.69, 9.17) is 10.5 Å². The van der Waals surface area contributed by atoms with Crippen LogP contribution in [0.3, 0.4) is 0 Å². The molecule has 16 heavy (non-hydrogen) atoms. The lowest BCUT2D eigenvalue weighted by molar-refractivity contribution is -0.125. The fourth-order valence-corrected chi connectivity index (χ4v) is 1.58. The molecule has 0 bridgehead atoms. The summed E-state index contributed by atoms with van der Waals surface area (Å²) in [6, 6.07) is -0.701. The maximum Gasteiger partial charge on any atom is 0.255 e. The van der Waals surface area contributed by atoms with Crippen molar-refractivity contribution in [3.63, 3.8) is 0 Å². The topological polar surface area (TPSA) is 64.4 Å². The molecule has 1 atom stereocenters. The number of hydrogen-bond acceptors (Lipinski definition) is 3. The van der Waals surface area contributed by atoms with Gasteiger partial charge in [0.15, 0.2) is 0 Å². The summed E-state index contributed by atoms with van der Waals surface area (Å²) in [6.07, 6.45) is -1.11. The van der Waals surface area contributed by atoms with E-state index in [2.05, 4.69) is 5.32 Å². The molecule has 0 spiro atoms. The van der Waals surface area contributed by atoms with Gasteiger partial charge in [0.2, 0.25) is 5.91 Å². The number of carbonyl (C=O) groups excluding carboxylic acids is 1. The second-order valence-electron chi connectivity index (χ2n) is 3.61. The first-order valence-electron chi connectivity index (χ1n) is 5.00. The maximum atomic E-state index is 11.8. The molecule has 0 aromatic carbocycles. The Bertz CT molecular complexity index is 214. The molecule has 1 unspecified atom stereocenters. The molecular weight excluding hydrogens is 242 g/mol. The molecule has 4 nitrogen and oxygen atoms in total. The van der Waals surface area contributed by atoms with Gasteiger partial charge in [-0.2, -0.15) is 0 Å². The number of ether oxygens (including phenoxy) is 1. The zero-order chi connectivity index (χ0) is 11.3. The Morgan fingerprint density at radius 2 is 2.00 bits per heavy atom. The van der Waals surface area contributed by atoms with Crippen molar-refractivity contribution in [1.29, 1.82) is 0 Å². The van der Waals surface area contributed by atoms with Gasteiger partial charge in [0.25, 0.3) is 6.43 Å². The van der Waals surface area contributed by atoms with Gasteiger partial charge in [-0.1, -0.05) is 0 Å². The number of nitrogens with two attached hydrogens (primary N) is 1. The van der Waals surface area contributed by atoms with Gasteiger partial charge >= 0.3 is 0 Å². The van der Waals surface area contributed by atoms with E-state index < -0.39 is 24.9 Å². The van der Waals surface area contributed by atoms with Crippen molar-refractivity contribution in [2.24, 2.45) is 11.7 Å². The van der Waals surface area contributed by atoms with Crippen LogP contribution >= 0.6 is 12.4 Å². The van der Waals surface area contributed by atoms with E-state index in [1.54, 1.807) is 0 Å². The number of nitrogens with one attached hydrogen (secondary N) is 1. The normalized spacial score (nSPS) is 19.0. The van der Waals surface area contributed by atoms with E-state index in [-0.39, 0.29) is 18.3 Å². The molecule has 1 saturated heterocycles. The van der Waals surface area contributed by atoms with Crippen LogP contribution in [0.5, 0.6) is 0 Å². The molecule has 1 heterocycles. The standard InChI is InChI=1S/C9H16F2N2O2.ClH/c10-7(11)5-13-9(14)8(12)6-1-3-15-4-2-6;/h6-8H,1-5,12H2,(H,13,14);1H. The fraction of sp³-hybridized carbons (Fsp3) is 0.889. The third-order valence-electron chi connectivity index (χ3n) is 2.51. The van der Waals surface area contributed by atoms with Gasteiger partial charge in [-0.15, -0.1) is 12.4 Å². The van der Waals surface area contributed by atoms with Gasteiger partial charge in [-0.3, -0.25) is 4.79 Å². The van der Waals surface area contributed by atoms with Gasteiger partial charge in [0, 0.05) is 13.2 Å². The highest BCUT2D eigenvalue weighted by Gasteiger charge is 2.26. The molecule has 96 valence electrons. The van der Waals surface area contributed by atoms with E-state index in [1.165, 1.54) is 0 Å². The minimum atomic E-state index is -2.53. The number of amides is 1. The third-order valence-corrected chi connectivity index (χ3v) is 2.51. The van der Waals surface area contributed by atoms with Crippen molar-refractivity contribution in [2.45, 2.75) is 25.3 Å². The van der Waals surface area contributed by atoms with Crippen LogP contribution in [0, 0.1) is 5.92 Å². The van der Waals surface area contributed by atoms with Crippen LogP contribution < -0.4 is 11.1 Å². The summed E-state index contributed by atoms with van der Waals surface area (Å²) >= 11 is 0. The first-order chi connectivity index (χ1) is 7.11. The number of alkyl halides is 2. The molecule has 0 saturated carbocycles. The Morgan fingerprint density at radius 3 is 2.50 bits per heavy atom. The summed E-state index contributed by atoms with van der Waals surface area (Å²) < 4.78 is 28.8. The lowest BCUT2D eigenvalue weighted by Crippen LogP contribution is -2.48. The van der Waals surface area contributed by atoms with E-state index in [0.717, 1.165) is 0 Å². The highest BCUT2D eigenvalue weighted by atomic mass is 35.5. The van der Waals surface area contributed by atoms with Crippen molar-refractivity contribution in [1.82, 2.24) is 5.32 Å². The Hall–Kier alpha value is -0.460. The second-order valence-corrected chi connectivity index (χ2v) is 3.61. The van der Waals surface area contributed by atoms with Crippen LogP contribution in [0.1, 0.15) is 12.8 Å². The average Bonchev–Trinajstić information content (AvgIpc) is 2.26. The molecule has 1 amide bonds. The smallest absolute Gasteiger partial charge is 0.255 e. The molecule has 1 rings (SSSR count). The minimum absolute atomic E-state index is 0. The number of rotatable bonds is 4. The number of hydrogen-bond donors (Lipinski definition) is 2. The summed E-state index contributed by atoms with van der Waals surface area (Å²) in [5, 5.41) is 2.12. The summed E-state index contributed by atoms with van der Waals surface area (Å²) in [7, 11) is 0. The van der Waals surface area contributed by atoms with E-state index in [9.17, 15) is 13.6 Å². The highest BCUT2D eigenvalue weighted by Crippen LogP contribution is 2.17. The monoisotopic (exact) mass is 258 g/mol. The molecule has 0 aromatic heterocycles. The number of halogens is 3. The fourth-order valence-electron chi connectivity index (χ4n) is 1.58. The zero-order valence-corrected chi connectivity index (χ0v) is 9.64. The Labute approximate surface area is 99.3 Å². The van der Waals surface area contributed by atoms with E-state index in [1.807, 2.05) is 0 Å². The molecule has 1 aliphatic rings. The molecule has 0 aromatic rings. The Kier molecular flexibility index (Phi) is 7.53. The quantitative estimate of drug-likeness (QED) is 0.774. The molecule has 0 aliphatic carbocycles. The lowest BCUT2D eigenvalue weighted by Gasteiger charge is -2.26.